The van der Waals surface area contributed by atoms with Gasteiger partial charge in [0, 0.05) is 12.1 Å². The maximum absolute atomic E-state index is 9.95. The van der Waals surface area contributed by atoms with E-state index in [1.807, 2.05) is 0 Å². The summed E-state index contributed by atoms with van der Waals surface area (Å²) in [4.78, 5) is 2.38. The molecule has 18 heavy (non-hydrogen) atoms. The number of aliphatic hydroxyl groups excluding tert-OH is 1. The summed E-state index contributed by atoms with van der Waals surface area (Å²) in [5.41, 5.74) is 0. The minimum absolute atomic E-state index is 0.109. The first-order valence-electron chi connectivity index (χ1n) is 7.36. The maximum atomic E-state index is 9.95. The number of ether oxygens (including phenoxy) is 1. The van der Waals surface area contributed by atoms with E-state index >= 15 is 0 Å². The molecule has 3 heterocycles. The van der Waals surface area contributed by atoms with E-state index in [1.165, 1.54) is 12.8 Å². The molecule has 104 valence electrons. The van der Waals surface area contributed by atoms with Gasteiger partial charge in [-0.05, 0) is 24.7 Å². The van der Waals surface area contributed by atoms with E-state index in [1.54, 1.807) is 0 Å². The molecular weight excluding hydrogens is 228 g/mol. The molecule has 7 atom stereocenters. The molecule has 2 N–H and O–H groups in total. The zero-order valence-electron chi connectivity index (χ0n) is 11.8. The topological polar surface area (TPSA) is 54.4 Å². The van der Waals surface area contributed by atoms with Crippen LogP contribution in [-0.2, 0) is 4.74 Å². The summed E-state index contributed by atoms with van der Waals surface area (Å²) in [5, 5.41) is 13.5. The number of fused-ring (bicyclic) bond motifs is 1. The molecule has 3 aliphatic rings. The van der Waals surface area contributed by atoms with Crippen molar-refractivity contribution in [2.75, 3.05) is 0 Å². The summed E-state index contributed by atoms with van der Waals surface area (Å²) in [6.07, 6.45) is 1.91. The van der Waals surface area contributed by atoms with E-state index in [0.29, 0.717) is 24.0 Å². The molecule has 2 unspecified atom stereocenters. The third kappa shape index (κ3) is 2.20. The number of nitrogens with one attached hydrogen (secondary N) is 1. The Morgan fingerprint density at radius 3 is 2.44 bits per heavy atom. The highest BCUT2D eigenvalue weighted by Gasteiger charge is 2.66. The standard InChI is InChI=1S/C14H26N2O2/c1-7(2)5-9-11(15-9)13-16-10(6-8(3)4)12(16)14(17)18-13/h7-15,17H,5-6H2,1-4H3/t9-,10?,11+,12?,13-,14-,16-/m0/s1. The van der Waals surface area contributed by atoms with Crippen LogP contribution in [0, 0.1) is 11.8 Å². The van der Waals surface area contributed by atoms with Crippen molar-refractivity contribution in [2.24, 2.45) is 11.8 Å². The third-order valence-corrected chi connectivity index (χ3v) is 4.37. The van der Waals surface area contributed by atoms with E-state index in [9.17, 15) is 5.11 Å². The summed E-state index contributed by atoms with van der Waals surface area (Å²) in [6.45, 7) is 9.00. The minimum Gasteiger partial charge on any atom is -0.366 e. The first kappa shape index (κ1) is 12.9. The van der Waals surface area contributed by atoms with Crippen LogP contribution in [0.3, 0.4) is 0 Å². The molecule has 4 heteroatoms. The second-order valence-corrected chi connectivity index (χ2v) is 6.98. The number of hydrogen-bond donors (Lipinski definition) is 2. The lowest BCUT2D eigenvalue weighted by Crippen LogP contribution is -2.32. The van der Waals surface area contributed by atoms with Gasteiger partial charge in [-0.3, -0.25) is 4.90 Å². The van der Waals surface area contributed by atoms with Gasteiger partial charge in [-0.2, -0.15) is 0 Å². The van der Waals surface area contributed by atoms with Crippen LogP contribution < -0.4 is 5.32 Å². The van der Waals surface area contributed by atoms with Gasteiger partial charge in [0.15, 0.2) is 6.29 Å². The number of aliphatic hydroxyl groups is 1. The zero-order valence-corrected chi connectivity index (χ0v) is 11.8. The second kappa shape index (κ2) is 4.44. The van der Waals surface area contributed by atoms with Crippen molar-refractivity contribution in [3.8, 4) is 0 Å². The van der Waals surface area contributed by atoms with Crippen LogP contribution >= 0.6 is 0 Å². The monoisotopic (exact) mass is 254 g/mol. The van der Waals surface area contributed by atoms with E-state index in [-0.39, 0.29) is 12.3 Å². The van der Waals surface area contributed by atoms with Gasteiger partial charge in [-0.25, -0.2) is 0 Å². The van der Waals surface area contributed by atoms with Gasteiger partial charge in [0.2, 0.25) is 0 Å². The Balaban J connectivity index is 1.56. The molecule has 0 aliphatic carbocycles. The summed E-state index contributed by atoms with van der Waals surface area (Å²) < 4.78 is 5.69. The fourth-order valence-electron chi connectivity index (χ4n) is 3.52. The molecule has 3 aliphatic heterocycles. The van der Waals surface area contributed by atoms with Gasteiger partial charge in [0.05, 0.1) is 12.1 Å². The second-order valence-electron chi connectivity index (χ2n) is 6.98. The maximum Gasteiger partial charge on any atom is 0.173 e. The minimum atomic E-state index is -0.569. The van der Waals surface area contributed by atoms with E-state index < -0.39 is 6.29 Å². The molecular formula is C14H26N2O2. The molecule has 0 aromatic rings. The van der Waals surface area contributed by atoms with Crippen molar-refractivity contribution in [3.63, 3.8) is 0 Å². The number of rotatable bonds is 5. The molecule has 3 rings (SSSR count). The fraction of sp³-hybridized carbons (Fsp3) is 1.00. The highest BCUT2D eigenvalue weighted by molar-refractivity contribution is 5.16. The summed E-state index contributed by atoms with van der Waals surface area (Å²) in [5.74, 6) is 1.40. The van der Waals surface area contributed by atoms with Gasteiger partial charge >= 0.3 is 0 Å². The lowest BCUT2D eigenvalue weighted by molar-refractivity contribution is -0.118. The molecule has 4 nitrogen and oxygen atoms in total. The Morgan fingerprint density at radius 1 is 1.17 bits per heavy atom. The average molecular weight is 254 g/mol. The lowest BCUT2D eigenvalue weighted by Gasteiger charge is -2.18. The average Bonchev–Trinajstić information content (AvgIpc) is 3.08. The van der Waals surface area contributed by atoms with Crippen LogP contribution in [0.4, 0.5) is 0 Å². The molecule has 3 saturated heterocycles. The summed E-state index contributed by atoms with van der Waals surface area (Å²) in [6, 6.07) is 1.82. The lowest BCUT2D eigenvalue weighted by atomic mass is 10.0. The Labute approximate surface area is 110 Å². The van der Waals surface area contributed by atoms with Crippen LogP contribution in [0.2, 0.25) is 0 Å². The largest absolute Gasteiger partial charge is 0.366 e. The SMILES string of the molecule is CC(C)CC1C2[C@@H](O)O[C@@H]([C@@H]3N[C@H]3CC(C)C)[N@@]12. The zero-order chi connectivity index (χ0) is 13.0. The molecule has 0 radical (unpaired) electrons. The third-order valence-electron chi connectivity index (χ3n) is 4.37. The highest BCUT2D eigenvalue weighted by atomic mass is 16.6. The molecule has 0 spiro atoms. The van der Waals surface area contributed by atoms with Crippen molar-refractivity contribution in [3.05, 3.63) is 0 Å². The predicted octanol–water partition coefficient (Wildman–Crippen LogP) is 1.15. The summed E-state index contributed by atoms with van der Waals surface area (Å²) in [7, 11) is 0. The number of hydrogen-bond acceptors (Lipinski definition) is 4. The van der Waals surface area contributed by atoms with Gasteiger partial charge in [-0.15, -0.1) is 0 Å². The molecule has 0 aromatic heterocycles. The molecule has 0 saturated carbocycles. The van der Waals surface area contributed by atoms with Crippen molar-refractivity contribution in [1.29, 1.82) is 0 Å². The quantitative estimate of drug-likeness (QED) is 0.723. The van der Waals surface area contributed by atoms with Crippen molar-refractivity contribution in [2.45, 2.75) is 77.2 Å². The van der Waals surface area contributed by atoms with E-state index in [4.69, 9.17) is 4.74 Å². The number of nitrogens with zero attached hydrogens (tertiary/aromatic N) is 1. The summed E-state index contributed by atoms with van der Waals surface area (Å²) >= 11 is 0. The van der Waals surface area contributed by atoms with E-state index in [2.05, 4.69) is 37.9 Å². The van der Waals surface area contributed by atoms with Gasteiger partial charge in [0.25, 0.3) is 0 Å². The normalized spacial score (nSPS) is 49.8. The fourth-order valence-corrected chi connectivity index (χ4v) is 3.52. The van der Waals surface area contributed by atoms with Gasteiger partial charge in [-0.1, -0.05) is 27.7 Å². The Bertz CT molecular complexity index is 321. The van der Waals surface area contributed by atoms with E-state index in [0.717, 1.165) is 5.92 Å². The van der Waals surface area contributed by atoms with Crippen LogP contribution in [0.1, 0.15) is 40.5 Å². The Morgan fingerprint density at radius 2 is 1.83 bits per heavy atom. The highest BCUT2D eigenvalue weighted by Crippen LogP contribution is 2.47. The van der Waals surface area contributed by atoms with Crippen LogP contribution in [0.5, 0.6) is 0 Å². The van der Waals surface area contributed by atoms with Crippen LogP contribution in [-0.4, -0.2) is 46.7 Å². The Hall–Kier alpha value is -0.160. The molecule has 0 aromatic carbocycles. The van der Waals surface area contributed by atoms with Crippen molar-refractivity contribution >= 4 is 0 Å². The van der Waals surface area contributed by atoms with Gasteiger partial charge < -0.3 is 15.2 Å². The van der Waals surface area contributed by atoms with Crippen molar-refractivity contribution in [1.82, 2.24) is 10.2 Å². The van der Waals surface area contributed by atoms with Crippen molar-refractivity contribution < 1.29 is 9.84 Å². The molecule has 0 bridgehead atoms. The Kier molecular flexibility index (Phi) is 3.17. The first-order valence-corrected chi connectivity index (χ1v) is 7.36. The predicted molar refractivity (Wildman–Crippen MR) is 69.9 cm³/mol. The molecule has 0 amide bonds. The van der Waals surface area contributed by atoms with Crippen LogP contribution in [0.25, 0.3) is 0 Å². The molecule has 3 fully saturated rings. The van der Waals surface area contributed by atoms with Gasteiger partial charge in [0.1, 0.15) is 6.23 Å². The van der Waals surface area contributed by atoms with Crippen LogP contribution in [0.15, 0.2) is 0 Å². The first-order chi connectivity index (χ1) is 8.49. The smallest absolute Gasteiger partial charge is 0.173 e.